The SMILES string of the molecule is CCc1nn(C)cc1Nc1ccc([N+](=O)[O-])c(C(=O)O)c1. The van der Waals surface area contributed by atoms with Gasteiger partial charge in [0.25, 0.3) is 5.69 Å². The lowest BCUT2D eigenvalue weighted by Crippen LogP contribution is -2.04. The van der Waals surface area contributed by atoms with E-state index >= 15 is 0 Å². The van der Waals surface area contributed by atoms with Gasteiger partial charge < -0.3 is 10.4 Å². The first-order valence-electron chi connectivity index (χ1n) is 6.23. The molecule has 0 bridgehead atoms. The molecule has 21 heavy (non-hydrogen) atoms. The summed E-state index contributed by atoms with van der Waals surface area (Å²) in [7, 11) is 1.78. The van der Waals surface area contributed by atoms with E-state index < -0.39 is 16.6 Å². The first-order valence-corrected chi connectivity index (χ1v) is 6.23. The third-order valence-corrected chi connectivity index (χ3v) is 2.94. The number of carboxylic acids is 1. The minimum absolute atomic E-state index is 0.355. The molecule has 2 aromatic rings. The quantitative estimate of drug-likeness (QED) is 0.646. The van der Waals surface area contributed by atoms with Gasteiger partial charge in [0.1, 0.15) is 5.56 Å². The lowest BCUT2D eigenvalue weighted by Gasteiger charge is -2.07. The van der Waals surface area contributed by atoms with E-state index in [9.17, 15) is 14.9 Å². The van der Waals surface area contributed by atoms with Crippen molar-refractivity contribution in [1.29, 1.82) is 0 Å². The lowest BCUT2D eigenvalue weighted by molar-refractivity contribution is -0.385. The van der Waals surface area contributed by atoms with E-state index in [1.54, 1.807) is 17.9 Å². The predicted molar refractivity (Wildman–Crippen MR) is 75.9 cm³/mol. The molecule has 0 aliphatic carbocycles. The third-order valence-electron chi connectivity index (χ3n) is 2.94. The molecule has 0 saturated carbocycles. The van der Waals surface area contributed by atoms with Gasteiger partial charge in [-0.3, -0.25) is 14.8 Å². The van der Waals surface area contributed by atoms with Crippen molar-refractivity contribution in [1.82, 2.24) is 9.78 Å². The Balaban J connectivity index is 2.39. The van der Waals surface area contributed by atoms with Crippen molar-refractivity contribution in [3.05, 3.63) is 45.8 Å². The predicted octanol–water partition coefficient (Wildman–Crippen LogP) is 2.33. The molecular weight excluding hydrogens is 276 g/mol. The monoisotopic (exact) mass is 290 g/mol. The molecule has 2 N–H and O–H groups in total. The summed E-state index contributed by atoms with van der Waals surface area (Å²) in [6, 6.07) is 3.89. The van der Waals surface area contributed by atoms with Crippen molar-refractivity contribution >= 4 is 23.0 Å². The van der Waals surface area contributed by atoms with Gasteiger partial charge in [-0.05, 0) is 18.6 Å². The molecule has 0 aliphatic rings. The summed E-state index contributed by atoms with van der Waals surface area (Å²) in [6.07, 6.45) is 2.47. The second kappa shape index (κ2) is 5.61. The van der Waals surface area contributed by atoms with Crippen LogP contribution in [-0.2, 0) is 13.5 Å². The Labute approximate surface area is 120 Å². The van der Waals surface area contributed by atoms with E-state index in [0.29, 0.717) is 12.1 Å². The van der Waals surface area contributed by atoms with Crippen LogP contribution < -0.4 is 5.32 Å². The largest absolute Gasteiger partial charge is 0.477 e. The number of carboxylic acid groups (broad SMARTS) is 1. The number of carbonyl (C=O) groups is 1. The van der Waals surface area contributed by atoms with Gasteiger partial charge in [0.2, 0.25) is 0 Å². The van der Waals surface area contributed by atoms with Gasteiger partial charge in [-0.1, -0.05) is 6.92 Å². The number of nitrogens with one attached hydrogen (secondary N) is 1. The highest BCUT2D eigenvalue weighted by Gasteiger charge is 2.20. The van der Waals surface area contributed by atoms with Gasteiger partial charge in [-0.25, -0.2) is 4.79 Å². The molecule has 0 atom stereocenters. The van der Waals surface area contributed by atoms with Crippen molar-refractivity contribution in [2.45, 2.75) is 13.3 Å². The number of hydrogen-bond acceptors (Lipinski definition) is 5. The topological polar surface area (TPSA) is 110 Å². The molecule has 8 nitrogen and oxygen atoms in total. The molecule has 2 rings (SSSR count). The second-order valence-corrected chi connectivity index (χ2v) is 4.44. The summed E-state index contributed by atoms with van der Waals surface area (Å²) in [4.78, 5) is 21.2. The van der Waals surface area contributed by atoms with Gasteiger partial charge in [0.05, 0.1) is 16.3 Å². The van der Waals surface area contributed by atoms with E-state index in [1.807, 2.05) is 6.92 Å². The van der Waals surface area contributed by atoms with Crippen LogP contribution in [0.3, 0.4) is 0 Å². The van der Waals surface area contributed by atoms with Gasteiger partial charge in [-0.2, -0.15) is 5.10 Å². The van der Waals surface area contributed by atoms with Crippen LogP contribution in [0.5, 0.6) is 0 Å². The fourth-order valence-corrected chi connectivity index (χ4v) is 2.00. The fraction of sp³-hybridized carbons (Fsp3) is 0.231. The Bertz CT molecular complexity index is 708. The summed E-state index contributed by atoms with van der Waals surface area (Å²) >= 11 is 0. The van der Waals surface area contributed by atoms with Crippen molar-refractivity contribution in [2.24, 2.45) is 7.05 Å². The average molecular weight is 290 g/mol. The highest BCUT2D eigenvalue weighted by Crippen LogP contribution is 2.26. The second-order valence-electron chi connectivity index (χ2n) is 4.44. The molecule has 1 aromatic carbocycles. The maximum atomic E-state index is 11.1. The number of nitro benzene ring substituents is 1. The number of hydrogen-bond donors (Lipinski definition) is 2. The van der Waals surface area contributed by atoms with E-state index in [2.05, 4.69) is 10.4 Å². The molecule has 0 spiro atoms. The lowest BCUT2D eigenvalue weighted by atomic mass is 10.1. The van der Waals surface area contributed by atoms with Gasteiger partial charge in [0.15, 0.2) is 0 Å². The molecule has 0 fully saturated rings. The fourth-order valence-electron chi connectivity index (χ4n) is 2.00. The molecule has 110 valence electrons. The number of benzene rings is 1. The standard InChI is InChI=1S/C13H14N4O4/c1-3-10-11(7-16(2)15-10)14-8-4-5-12(17(20)21)9(6-8)13(18)19/h4-7,14H,3H2,1-2H3,(H,18,19). The van der Waals surface area contributed by atoms with Crippen LogP contribution in [0.2, 0.25) is 0 Å². The Morgan fingerprint density at radius 1 is 1.52 bits per heavy atom. The number of anilines is 2. The molecule has 0 aliphatic heterocycles. The van der Waals surface area contributed by atoms with Gasteiger partial charge in [0, 0.05) is 25.0 Å². The summed E-state index contributed by atoms with van der Waals surface area (Å²) in [5.74, 6) is -1.34. The van der Waals surface area contributed by atoms with E-state index in [1.165, 1.54) is 18.2 Å². The molecule has 1 aromatic heterocycles. The number of aromatic carboxylic acids is 1. The maximum Gasteiger partial charge on any atom is 0.342 e. The normalized spacial score (nSPS) is 10.4. The Morgan fingerprint density at radius 3 is 2.81 bits per heavy atom. The minimum Gasteiger partial charge on any atom is -0.477 e. The van der Waals surface area contributed by atoms with Crippen LogP contribution in [0.15, 0.2) is 24.4 Å². The van der Waals surface area contributed by atoms with Crippen molar-refractivity contribution in [2.75, 3.05) is 5.32 Å². The molecule has 8 heteroatoms. The zero-order valence-corrected chi connectivity index (χ0v) is 11.5. The van der Waals surface area contributed by atoms with E-state index in [0.717, 1.165) is 11.4 Å². The van der Waals surface area contributed by atoms with Crippen LogP contribution >= 0.6 is 0 Å². The Hall–Kier alpha value is -2.90. The van der Waals surface area contributed by atoms with Crippen LogP contribution in [0.1, 0.15) is 23.0 Å². The van der Waals surface area contributed by atoms with Crippen LogP contribution in [-0.4, -0.2) is 25.8 Å². The van der Waals surface area contributed by atoms with Crippen LogP contribution in [0.4, 0.5) is 17.1 Å². The maximum absolute atomic E-state index is 11.1. The molecule has 1 heterocycles. The number of nitro groups is 1. The number of nitrogens with zero attached hydrogens (tertiary/aromatic N) is 3. The van der Waals surface area contributed by atoms with Crippen LogP contribution in [0, 0.1) is 10.1 Å². The Morgan fingerprint density at radius 2 is 2.24 bits per heavy atom. The third kappa shape index (κ3) is 2.99. The molecule has 0 amide bonds. The first-order chi connectivity index (χ1) is 9.92. The van der Waals surface area contributed by atoms with E-state index in [-0.39, 0.29) is 5.56 Å². The summed E-state index contributed by atoms with van der Waals surface area (Å²) in [6.45, 7) is 1.95. The summed E-state index contributed by atoms with van der Waals surface area (Å²) in [5, 5.41) is 27.2. The van der Waals surface area contributed by atoms with Crippen molar-refractivity contribution in [3.63, 3.8) is 0 Å². The zero-order chi connectivity index (χ0) is 15.6. The molecule has 0 unspecified atom stereocenters. The van der Waals surface area contributed by atoms with Crippen molar-refractivity contribution < 1.29 is 14.8 Å². The molecule has 0 saturated heterocycles. The summed E-state index contributed by atoms with van der Waals surface area (Å²) in [5.41, 5.74) is 1.24. The summed E-state index contributed by atoms with van der Waals surface area (Å²) < 4.78 is 1.64. The number of aromatic nitrogens is 2. The minimum atomic E-state index is -1.34. The zero-order valence-electron chi connectivity index (χ0n) is 11.5. The highest BCUT2D eigenvalue weighted by atomic mass is 16.6. The highest BCUT2D eigenvalue weighted by molar-refractivity contribution is 5.93. The smallest absolute Gasteiger partial charge is 0.342 e. The number of aryl methyl sites for hydroxylation is 2. The molecule has 0 radical (unpaired) electrons. The van der Waals surface area contributed by atoms with Crippen molar-refractivity contribution in [3.8, 4) is 0 Å². The first kappa shape index (κ1) is 14.5. The number of rotatable bonds is 5. The average Bonchev–Trinajstić information content (AvgIpc) is 2.78. The van der Waals surface area contributed by atoms with E-state index in [4.69, 9.17) is 5.11 Å². The van der Waals surface area contributed by atoms with Gasteiger partial charge >= 0.3 is 5.97 Å². The van der Waals surface area contributed by atoms with Gasteiger partial charge in [-0.15, -0.1) is 0 Å². The van der Waals surface area contributed by atoms with Crippen LogP contribution in [0.25, 0.3) is 0 Å². The molecular formula is C13H14N4O4. The Kier molecular flexibility index (Phi) is 3.88.